The van der Waals surface area contributed by atoms with Gasteiger partial charge in [0.25, 0.3) is 0 Å². The molecule has 0 nitrogen and oxygen atoms in total. The van der Waals surface area contributed by atoms with Crippen LogP contribution in [0.15, 0.2) is 0 Å². The topological polar surface area (TPSA) is 0 Å². The Hall–Kier alpha value is 0.720. The van der Waals surface area contributed by atoms with Gasteiger partial charge in [-0.3, -0.25) is 0 Å². The molecular formula is C9H22ClP. The van der Waals surface area contributed by atoms with Crippen molar-refractivity contribution >= 4 is 21.6 Å². The Balaban J connectivity index is 0. The van der Waals surface area contributed by atoms with E-state index in [4.69, 9.17) is 0 Å². The quantitative estimate of drug-likeness (QED) is 0.599. The van der Waals surface area contributed by atoms with Crippen molar-refractivity contribution in [1.82, 2.24) is 0 Å². The summed E-state index contributed by atoms with van der Waals surface area (Å²) in [6.45, 7) is 9.18. The van der Waals surface area contributed by atoms with E-state index in [1.54, 1.807) is 0 Å². The van der Waals surface area contributed by atoms with Gasteiger partial charge >= 0.3 is 0 Å². The first kappa shape index (κ1) is 14.3. The molecule has 70 valence electrons. The zero-order valence-electron chi connectivity index (χ0n) is 8.18. The average molecular weight is 197 g/mol. The van der Waals surface area contributed by atoms with Gasteiger partial charge in [-0.05, 0) is 23.9 Å². The molecule has 11 heavy (non-hydrogen) atoms. The normalized spacial score (nSPS) is 13.9. The van der Waals surface area contributed by atoms with Crippen LogP contribution in [0.3, 0.4) is 0 Å². The lowest BCUT2D eigenvalue weighted by Crippen LogP contribution is -2.27. The minimum absolute atomic E-state index is 0. The van der Waals surface area contributed by atoms with Gasteiger partial charge in [-0.1, -0.05) is 34.1 Å². The maximum Gasteiger partial charge on any atom is -0.0130 e. The van der Waals surface area contributed by atoms with Crippen molar-refractivity contribution in [2.24, 2.45) is 5.92 Å². The molecule has 0 saturated carbocycles. The van der Waals surface area contributed by atoms with Gasteiger partial charge < -0.3 is 0 Å². The first-order valence-electron chi connectivity index (χ1n) is 4.39. The second-order valence-electron chi connectivity index (χ2n) is 3.25. The van der Waals surface area contributed by atoms with Crippen LogP contribution in [0.4, 0.5) is 0 Å². The maximum absolute atomic E-state index is 3.03. The molecule has 2 unspecified atom stereocenters. The number of rotatable bonds is 4. The Morgan fingerprint density at radius 1 is 1.18 bits per heavy atom. The van der Waals surface area contributed by atoms with Crippen LogP contribution in [0.1, 0.15) is 47.0 Å². The van der Waals surface area contributed by atoms with E-state index in [1.807, 2.05) is 0 Å². The second kappa shape index (κ2) is 6.26. The highest BCUT2D eigenvalue weighted by Gasteiger charge is 2.25. The Morgan fingerprint density at radius 3 is 1.64 bits per heavy atom. The molecule has 2 heteroatoms. The van der Waals surface area contributed by atoms with E-state index in [0.29, 0.717) is 5.16 Å². The lowest BCUT2D eigenvalue weighted by molar-refractivity contribution is 0.371. The van der Waals surface area contributed by atoms with E-state index < -0.39 is 0 Å². The molecule has 0 radical (unpaired) electrons. The lowest BCUT2D eigenvalue weighted by Gasteiger charge is -2.32. The van der Waals surface area contributed by atoms with Crippen molar-refractivity contribution in [2.45, 2.75) is 52.1 Å². The minimum atomic E-state index is 0. The van der Waals surface area contributed by atoms with E-state index in [1.165, 1.54) is 19.3 Å². The highest BCUT2D eigenvalue weighted by atomic mass is 35.5. The zero-order valence-corrected chi connectivity index (χ0v) is 10.2. The highest BCUT2D eigenvalue weighted by Crippen LogP contribution is 2.36. The first-order chi connectivity index (χ1) is 4.60. The molecule has 0 rings (SSSR count). The van der Waals surface area contributed by atoms with E-state index in [9.17, 15) is 0 Å². The zero-order chi connectivity index (χ0) is 8.20. The third kappa shape index (κ3) is 3.76. The Kier molecular flexibility index (Phi) is 8.11. The Labute approximate surface area is 80.1 Å². The van der Waals surface area contributed by atoms with Crippen molar-refractivity contribution < 1.29 is 0 Å². The van der Waals surface area contributed by atoms with Crippen LogP contribution in [0.5, 0.6) is 0 Å². The Bertz CT molecular complexity index is 89.6. The van der Waals surface area contributed by atoms with Crippen LogP contribution in [0.25, 0.3) is 0 Å². The second-order valence-corrected chi connectivity index (χ2v) is 4.40. The van der Waals surface area contributed by atoms with Crippen molar-refractivity contribution in [3.05, 3.63) is 0 Å². The summed E-state index contributed by atoms with van der Waals surface area (Å²) < 4.78 is 0. The molecule has 0 aliphatic rings. The Morgan fingerprint density at radius 2 is 1.55 bits per heavy atom. The lowest BCUT2D eigenvalue weighted by atomic mass is 9.86. The summed E-state index contributed by atoms with van der Waals surface area (Å²) in [4.78, 5) is 0. The monoisotopic (exact) mass is 196 g/mol. The van der Waals surface area contributed by atoms with Gasteiger partial charge in [-0.2, -0.15) is 0 Å². The molecule has 0 aliphatic carbocycles. The predicted octanol–water partition coefficient (Wildman–Crippen LogP) is 3.89. The third-order valence-electron chi connectivity index (χ3n) is 2.91. The summed E-state index contributed by atoms with van der Waals surface area (Å²) in [7, 11) is 3.03. The van der Waals surface area contributed by atoms with Gasteiger partial charge in [0.2, 0.25) is 0 Å². The van der Waals surface area contributed by atoms with Crippen molar-refractivity contribution in [1.29, 1.82) is 0 Å². The van der Waals surface area contributed by atoms with Gasteiger partial charge in [0.05, 0.1) is 0 Å². The molecule has 0 aromatic rings. The van der Waals surface area contributed by atoms with Crippen LogP contribution in [-0.4, -0.2) is 5.16 Å². The van der Waals surface area contributed by atoms with Gasteiger partial charge in [0.15, 0.2) is 0 Å². The van der Waals surface area contributed by atoms with Gasteiger partial charge in [-0.15, -0.1) is 21.6 Å². The van der Waals surface area contributed by atoms with Crippen molar-refractivity contribution in [3.8, 4) is 0 Å². The molecule has 0 heterocycles. The molecule has 0 N–H and O–H groups in total. The van der Waals surface area contributed by atoms with E-state index >= 15 is 0 Å². The summed E-state index contributed by atoms with van der Waals surface area (Å²) in [5.41, 5.74) is 0. The van der Waals surface area contributed by atoms with Gasteiger partial charge in [-0.25, -0.2) is 0 Å². The van der Waals surface area contributed by atoms with Crippen LogP contribution in [0.2, 0.25) is 0 Å². The van der Waals surface area contributed by atoms with Crippen molar-refractivity contribution in [3.63, 3.8) is 0 Å². The van der Waals surface area contributed by atoms with Crippen LogP contribution in [-0.2, 0) is 0 Å². The third-order valence-corrected chi connectivity index (χ3v) is 4.30. The number of hydrogen-bond donors (Lipinski definition) is 0. The minimum Gasteiger partial charge on any atom is -0.147 e. The average Bonchev–Trinajstić information content (AvgIpc) is 2.01. The van der Waals surface area contributed by atoms with E-state index in [2.05, 4.69) is 36.9 Å². The first-order valence-corrected chi connectivity index (χ1v) is 4.97. The van der Waals surface area contributed by atoms with E-state index in [0.717, 1.165) is 5.92 Å². The summed E-state index contributed by atoms with van der Waals surface area (Å²) in [5, 5.41) is 0.509. The molecule has 0 aromatic heterocycles. The van der Waals surface area contributed by atoms with Gasteiger partial charge in [0.1, 0.15) is 0 Å². The molecule has 0 aliphatic heterocycles. The smallest absolute Gasteiger partial charge is 0.0130 e. The summed E-state index contributed by atoms with van der Waals surface area (Å²) >= 11 is 0. The summed E-state index contributed by atoms with van der Waals surface area (Å²) in [5.74, 6) is 0.840. The SMILES string of the molecule is CCC(C)C(P)(CC)CC.Cl. The molecule has 0 spiro atoms. The molecule has 0 aromatic carbocycles. The molecule has 0 bridgehead atoms. The van der Waals surface area contributed by atoms with Crippen LogP contribution >= 0.6 is 21.6 Å². The van der Waals surface area contributed by atoms with Gasteiger partial charge in [0, 0.05) is 0 Å². The molecule has 0 amide bonds. The standard InChI is InChI=1S/C9H21P.ClH/c1-5-8(4)9(10,6-2)7-3;/h8H,5-7,10H2,1-4H3;1H. The van der Waals surface area contributed by atoms with Crippen LogP contribution in [0, 0.1) is 5.92 Å². The van der Waals surface area contributed by atoms with E-state index in [-0.39, 0.29) is 12.4 Å². The maximum atomic E-state index is 3.03. The molecule has 0 fully saturated rings. The molecular weight excluding hydrogens is 175 g/mol. The number of halogens is 1. The highest BCUT2D eigenvalue weighted by molar-refractivity contribution is 7.19. The molecule has 2 atom stereocenters. The molecule has 0 saturated heterocycles. The fourth-order valence-electron chi connectivity index (χ4n) is 1.35. The summed E-state index contributed by atoms with van der Waals surface area (Å²) in [6.07, 6.45) is 3.86. The summed E-state index contributed by atoms with van der Waals surface area (Å²) in [6, 6.07) is 0. The fourth-order valence-corrected chi connectivity index (χ4v) is 1.59. The fraction of sp³-hybridized carbons (Fsp3) is 1.00. The van der Waals surface area contributed by atoms with Crippen LogP contribution < -0.4 is 0 Å². The predicted molar refractivity (Wildman–Crippen MR) is 59.7 cm³/mol. The number of hydrogen-bond acceptors (Lipinski definition) is 0. The largest absolute Gasteiger partial charge is 0.147 e. The van der Waals surface area contributed by atoms with Crippen molar-refractivity contribution in [2.75, 3.05) is 0 Å².